The maximum atomic E-state index is 13.9. The van der Waals surface area contributed by atoms with Gasteiger partial charge < -0.3 is 5.32 Å². The Morgan fingerprint density at radius 2 is 1.70 bits per heavy atom. The number of halogens is 2. The molecule has 20 heavy (non-hydrogen) atoms. The quantitative estimate of drug-likeness (QED) is 0.851. The molecule has 1 aromatic rings. The van der Waals surface area contributed by atoms with E-state index in [9.17, 15) is 8.78 Å². The van der Waals surface area contributed by atoms with Gasteiger partial charge in [0, 0.05) is 18.2 Å². The van der Waals surface area contributed by atoms with E-state index in [2.05, 4.69) is 5.32 Å². The lowest BCUT2D eigenvalue weighted by molar-refractivity contribution is 0.176. The van der Waals surface area contributed by atoms with Gasteiger partial charge in [0.15, 0.2) is 0 Å². The van der Waals surface area contributed by atoms with Gasteiger partial charge in [-0.05, 0) is 49.7 Å². The van der Waals surface area contributed by atoms with Crippen LogP contribution in [0.5, 0.6) is 0 Å². The molecule has 1 nitrogen and oxygen atoms in total. The topological polar surface area (TPSA) is 12.0 Å². The third kappa shape index (κ3) is 3.20. The predicted molar refractivity (Wildman–Crippen MR) is 76.6 cm³/mol. The van der Waals surface area contributed by atoms with Crippen molar-refractivity contribution in [3.63, 3.8) is 0 Å². The van der Waals surface area contributed by atoms with Crippen LogP contribution in [-0.2, 0) is 6.42 Å². The van der Waals surface area contributed by atoms with Crippen LogP contribution in [0.3, 0.4) is 0 Å². The minimum atomic E-state index is -0.388. The predicted octanol–water partition coefficient (Wildman–Crippen LogP) is 4.21. The average molecular weight is 279 g/mol. The van der Waals surface area contributed by atoms with Gasteiger partial charge in [0.05, 0.1) is 0 Å². The van der Waals surface area contributed by atoms with Crippen LogP contribution in [0.15, 0.2) is 18.2 Å². The van der Waals surface area contributed by atoms with Crippen LogP contribution < -0.4 is 5.32 Å². The van der Waals surface area contributed by atoms with Crippen LogP contribution in [-0.4, -0.2) is 12.6 Å². The first-order valence-electron chi connectivity index (χ1n) is 7.85. The van der Waals surface area contributed by atoms with Crippen molar-refractivity contribution in [3.8, 4) is 0 Å². The van der Waals surface area contributed by atoms with Gasteiger partial charge in [-0.2, -0.15) is 0 Å². The molecule has 0 unspecified atom stereocenters. The molecule has 0 radical (unpaired) electrons. The fraction of sp³-hybridized carbons (Fsp3) is 0.647. The van der Waals surface area contributed by atoms with Gasteiger partial charge in [-0.1, -0.05) is 25.3 Å². The van der Waals surface area contributed by atoms with Gasteiger partial charge in [-0.25, -0.2) is 8.78 Å². The van der Waals surface area contributed by atoms with Crippen molar-refractivity contribution < 1.29 is 8.78 Å². The molecule has 0 spiro atoms. The minimum absolute atomic E-state index is 0.0455. The van der Waals surface area contributed by atoms with Crippen molar-refractivity contribution >= 4 is 0 Å². The van der Waals surface area contributed by atoms with E-state index in [1.54, 1.807) is 0 Å². The van der Waals surface area contributed by atoms with Crippen molar-refractivity contribution in [2.75, 3.05) is 6.54 Å². The molecule has 0 heterocycles. The SMILES string of the molecule is Fc1cccc(F)c1CC1(CNC2CC2)CCCCC1. The number of nitrogens with one attached hydrogen (secondary N) is 1. The molecule has 0 bridgehead atoms. The van der Waals surface area contributed by atoms with Gasteiger partial charge in [-0.3, -0.25) is 0 Å². The first kappa shape index (κ1) is 14.0. The van der Waals surface area contributed by atoms with Crippen LogP contribution in [0.25, 0.3) is 0 Å². The molecule has 0 atom stereocenters. The first-order valence-corrected chi connectivity index (χ1v) is 7.85. The van der Waals surface area contributed by atoms with Crippen LogP contribution in [0.4, 0.5) is 8.78 Å². The molecule has 2 fully saturated rings. The molecule has 110 valence electrons. The summed E-state index contributed by atoms with van der Waals surface area (Å²) >= 11 is 0. The molecule has 0 aromatic heterocycles. The van der Waals surface area contributed by atoms with Gasteiger partial charge in [0.2, 0.25) is 0 Å². The number of hydrogen-bond donors (Lipinski definition) is 1. The Labute approximate surface area is 119 Å². The molecule has 2 aliphatic carbocycles. The molecule has 1 aromatic carbocycles. The summed E-state index contributed by atoms with van der Waals surface area (Å²) in [6.07, 6.45) is 8.83. The van der Waals surface area contributed by atoms with Gasteiger partial charge in [0.25, 0.3) is 0 Å². The molecule has 1 N–H and O–H groups in total. The van der Waals surface area contributed by atoms with Gasteiger partial charge >= 0.3 is 0 Å². The normalized spacial score (nSPS) is 21.9. The lowest BCUT2D eigenvalue weighted by Crippen LogP contribution is -2.39. The van der Waals surface area contributed by atoms with E-state index >= 15 is 0 Å². The highest BCUT2D eigenvalue weighted by atomic mass is 19.1. The zero-order chi connectivity index (χ0) is 14.0. The third-order valence-corrected chi connectivity index (χ3v) is 4.87. The summed E-state index contributed by atoms with van der Waals surface area (Å²) in [5.41, 5.74) is 0.330. The average Bonchev–Trinajstić information content (AvgIpc) is 3.27. The Morgan fingerprint density at radius 3 is 2.30 bits per heavy atom. The Bertz CT molecular complexity index is 442. The summed E-state index contributed by atoms with van der Waals surface area (Å²) in [6, 6.07) is 4.86. The smallest absolute Gasteiger partial charge is 0.129 e. The second kappa shape index (κ2) is 5.80. The molecular weight excluding hydrogens is 256 g/mol. The Balaban J connectivity index is 1.77. The molecule has 3 rings (SSSR count). The highest BCUT2D eigenvalue weighted by Gasteiger charge is 2.35. The zero-order valence-corrected chi connectivity index (χ0v) is 11.9. The van der Waals surface area contributed by atoms with Crippen molar-refractivity contribution in [2.45, 2.75) is 57.4 Å². The van der Waals surface area contributed by atoms with E-state index in [1.807, 2.05) is 0 Å². The van der Waals surface area contributed by atoms with Crippen LogP contribution >= 0.6 is 0 Å². The Hall–Kier alpha value is -0.960. The second-order valence-electron chi connectivity index (χ2n) is 6.59. The van der Waals surface area contributed by atoms with E-state index in [-0.39, 0.29) is 22.6 Å². The summed E-state index contributed by atoms with van der Waals surface area (Å²) in [5, 5.41) is 3.58. The molecule has 0 aliphatic heterocycles. The highest BCUT2D eigenvalue weighted by molar-refractivity contribution is 5.21. The number of hydrogen-bond acceptors (Lipinski definition) is 1. The molecule has 3 heteroatoms. The first-order chi connectivity index (χ1) is 9.69. The molecule has 0 saturated heterocycles. The fourth-order valence-corrected chi connectivity index (χ4v) is 3.44. The van der Waals surface area contributed by atoms with E-state index in [4.69, 9.17) is 0 Å². The van der Waals surface area contributed by atoms with Crippen LogP contribution in [0.1, 0.15) is 50.5 Å². The van der Waals surface area contributed by atoms with Crippen LogP contribution in [0, 0.1) is 17.0 Å². The highest BCUT2D eigenvalue weighted by Crippen LogP contribution is 2.40. The Morgan fingerprint density at radius 1 is 1.05 bits per heavy atom. The van der Waals surface area contributed by atoms with Crippen LogP contribution in [0.2, 0.25) is 0 Å². The lowest BCUT2D eigenvalue weighted by Gasteiger charge is -2.38. The molecular formula is C17H23F2N. The largest absolute Gasteiger partial charge is 0.313 e. The third-order valence-electron chi connectivity index (χ3n) is 4.87. The van der Waals surface area contributed by atoms with E-state index in [0.29, 0.717) is 12.5 Å². The summed E-state index contributed by atoms with van der Waals surface area (Å²) in [5.74, 6) is -0.775. The van der Waals surface area contributed by atoms with E-state index < -0.39 is 0 Å². The summed E-state index contributed by atoms with van der Waals surface area (Å²) in [7, 11) is 0. The summed E-state index contributed by atoms with van der Waals surface area (Å²) in [6.45, 7) is 0.908. The molecule has 2 saturated carbocycles. The van der Waals surface area contributed by atoms with Crippen molar-refractivity contribution in [1.29, 1.82) is 0 Å². The molecule has 0 amide bonds. The lowest BCUT2D eigenvalue weighted by atomic mass is 9.70. The maximum Gasteiger partial charge on any atom is 0.129 e. The fourth-order valence-electron chi connectivity index (χ4n) is 3.44. The Kier molecular flexibility index (Phi) is 4.06. The molecule has 2 aliphatic rings. The van der Waals surface area contributed by atoms with E-state index in [1.165, 1.54) is 50.3 Å². The van der Waals surface area contributed by atoms with Crippen molar-refractivity contribution in [1.82, 2.24) is 5.32 Å². The maximum absolute atomic E-state index is 13.9. The summed E-state index contributed by atoms with van der Waals surface area (Å²) < 4.78 is 27.9. The summed E-state index contributed by atoms with van der Waals surface area (Å²) in [4.78, 5) is 0. The van der Waals surface area contributed by atoms with Gasteiger partial charge in [0.1, 0.15) is 11.6 Å². The zero-order valence-electron chi connectivity index (χ0n) is 11.9. The standard InChI is InChI=1S/C17H23F2N/c18-15-5-4-6-16(19)14(15)11-17(9-2-1-3-10-17)12-20-13-7-8-13/h4-6,13,20H,1-3,7-12H2. The van der Waals surface area contributed by atoms with Crippen molar-refractivity contribution in [2.24, 2.45) is 5.41 Å². The van der Waals surface area contributed by atoms with Gasteiger partial charge in [-0.15, -0.1) is 0 Å². The van der Waals surface area contributed by atoms with E-state index in [0.717, 1.165) is 19.4 Å². The second-order valence-corrected chi connectivity index (χ2v) is 6.59. The number of rotatable bonds is 5. The minimum Gasteiger partial charge on any atom is -0.313 e. The number of benzene rings is 1. The van der Waals surface area contributed by atoms with Crippen molar-refractivity contribution in [3.05, 3.63) is 35.4 Å². The monoisotopic (exact) mass is 279 g/mol.